The molecule has 0 aliphatic rings. The molecule has 0 bridgehead atoms. The maximum atomic E-state index is 4.65. The lowest BCUT2D eigenvalue weighted by atomic mass is 10.1. The Bertz CT molecular complexity index is 429. The zero-order valence-corrected chi connectivity index (χ0v) is 10.6. The number of methoxy groups -OCH3 is 4. The summed E-state index contributed by atoms with van der Waals surface area (Å²) in [7, 11) is 5.76. The van der Waals surface area contributed by atoms with Gasteiger partial charge in [-0.3, -0.25) is 0 Å². The minimum atomic E-state index is 0.354. The molecule has 0 aromatic heterocycles. The third kappa shape index (κ3) is 6.62. The summed E-state index contributed by atoms with van der Waals surface area (Å²) < 4.78 is 18.6. The van der Waals surface area contributed by atoms with Gasteiger partial charge in [-0.1, -0.05) is 0 Å². The normalized spacial score (nSPS) is 6.22. The number of allylic oxidation sites excluding steroid dienone is 2. The Morgan fingerprint density at radius 2 is 0.722 bits per heavy atom. The molecular weight excluding hydrogens is 232 g/mol. The van der Waals surface area contributed by atoms with Crippen molar-refractivity contribution in [3.05, 3.63) is 11.1 Å². The van der Waals surface area contributed by atoms with Gasteiger partial charge in [0.15, 0.2) is 0 Å². The molecule has 18 heavy (non-hydrogen) atoms. The molecular formula is C14H12O4. The lowest BCUT2D eigenvalue weighted by molar-refractivity contribution is 0.371. The van der Waals surface area contributed by atoms with Crippen LogP contribution in [0.5, 0.6) is 0 Å². The molecule has 4 heteroatoms. The molecule has 0 saturated carbocycles. The van der Waals surface area contributed by atoms with Crippen LogP contribution in [0.1, 0.15) is 0 Å². The Labute approximate surface area is 107 Å². The summed E-state index contributed by atoms with van der Waals surface area (Å²) in [5, 5.41) is 0. The van der Waals surface area contributed by atoms with Crippen molar-refractivity contribution in [1.82, 2.24) is 0 Å². The van der Waals surface area contributed by atoms with E-state index < -0.39 is 0 Å². The summed E-state index contributed by atoms with van der Waals surface area (Å²) in [5.41, 5.74) is 0.709. The molecule has 0 aromatic carbocycles. The highest BCUT2D eigenvalue weighted by Gasteiger charge is 1.98. The Balaban J connectivity index is 5.65. The van der Waals surface area contributed by atoms with E-state index in [2.05, 4.69) is 67.1 Å². The van der Waals surface area contributed by atoms with E-state index in [1.54, 1.807) is 0 Å². The molecule has 0 saturated heterocycles. The van der Waals surface area contributed by atoms with Crippen LogP contribution in [0.3, 0.4) is 0 Å². The zero-order chi connectivity index (χ0) is 13.6. The summed E-state index contributed by atoms with van der Waals surface area (Å²) >= 11 is 0. The Hall–Kier alpha value is -2.82. The minimum absolute atomic E-state index is 0.354. The van der Waals surface area contributed by atoms with Crippen LogP contribution in [0.2, 0.25) is 0 Å². The van der Waals surface area contributed by atoms with Crippen LogP contribution in [0.4, 0.5) is 0 Å². The van der Waals surface area contributed by atoms with Crippen LogP contribution < -0.4 is 0 Å². The van der Waals surface area contributed by atoms with Gasteiger partial charge in [-0.15, -0.1) is 0 Å². The van der Waals surface area contributed by atoms with Crippen LogP contribution in [-0.2, 0) is 18.9 Å². The van der Waals surface area contributed by atoms with Gasteiger partial charge in [0.05, 0.1) is 28.4 Å². The fraction of sp³-hybridized carbons (Fsp3) is 0.286. The van der Waals surface area contributed by atoms with Crippen LogP contribution in [0.15, 0.2) is 11.1 Å². The first-order chi connectivity index (χ1) is 8.79. The maximum absolute atomic E-state index is 4.65. The Morgan fingerprint density at radius 1 is 0.500 bits per heavy atom. The summed E-state index contributed by atoms with van der Waals surface area (Å²) in [6.45, 7) is 0. The van der Waals surface area contributed by atoms with E-state index in [1.165, 1.54) is 28.4 Å². The number of hydrogen-bond donors (Lipinski definition) is 0. The summed E-state index contributed by atoms with van der Waals surface area (Å²) in [5.74, 6) is 10.6. The largest absolute Gasteiger partial charge is 0.450 e. The first-order valence-corrected chi connectivity index (χ1v) is 4.70. The molecule has 0 spiro atoms. The van der Waals surface area contributed by atoms with E-state index in [1.807, 2.05) is 0 Å². The second-order valence-electron chi connectivity index (χ2n) is 2.47. The van der Waals surface area contributed by atoms with Gasteiger partial charge < -0.3 is 18.9 Å². The van der Waals surface area contributed by atoms with Crippen molar-refractivity contribution < 1.29 is 18.9 Å². The third-order valence-corrected chi connectivity index (χ3v) is 1.36. The summed E-state index contributed by atoms with van der Waals surface area (Å²) in [4.78, 5) is 0. The van der Waals surface area contributed by atoms with Crippen molar-refractivity contribution >= 4 is 0 Å². The highest BCUT2D eigenvalue weighted by Crippen LogP contribution is 2.01. The molecule has 92 valence electrons. The summed E-state index contributed by atoms with van der Waals surface area (Å²) in [6.07, 6.45) is 9.63. The standard InChI is InChI=1S/C14H12O4/c1-15-9-5-13(6-10-16-2)14(7-11-17-3)8-12-18-4/h1-4H3. The molecule has 0 atom stereocenters. The number of ether oxygens (including phenoxy) is 4. The lowest BCUT2D eigenvalue weighted by Crippen LogP contribution is -1.86. The van der Waals surface area contributed by atoms with E-state index in [4.69, 9.17) is 0 Å². The minimum Gasteiger partial charge on any atom is -0.450 e. The lowest BCUT2D eigenvalue weighted by Gasteiger charge is -1.90. The molecule has 0 aliphatic carbocycles. The fourth-order valence-corrected chi connectivity index (χ4v) is 0.721. The van der Waals surface area contributed by atoms with E-state index >= 15 is 0 Å². The van der Waals surface area contributed by atoms with Crippen molar-refractivity contribution in [3.8, 4) is 48.1 Å². The van der Waals surface area contributed by atoms with Crippen molar-refractivity contribution in [3.63, 3.8) is 0 Å². The quantitative estimate of drug-likeness (QED) is 0.588. The van der Waals surface area contributed by atoms with Gasteiger partial charge >= 0.3 is 0 Å². The third-order valence-electron chi connectivity index (χ3n) is 1.36. The van der Waals surface area contributed by atoms with Gasteiger partial charge in [-0.25, -0.2) is 0 Å². The molecule has 0 radical (unpaired) electrons. The van der Waals surface area contributed by atoms with Gasteiger partial charge in [0, 0.05) is 0 Å². The van der Waals surface area contributed by atoms with E-state index in [-0.39, 0.29) is 0 Å². The number of rotatable bonds is 0. The predicted molar refractivity (Wildman–Crippen MR) is 66.2 cm³/mol. The summed E-state index contributed by atoms with van der Waals surface area (Å²) in [6, 6.07) is 0. The van der Waals surface area contributed by atoms with E-state index in [0.29, 0.717) is 11.1 Å². The molecule has 0 aliphatic heterocycles. The zero-order valence-electron chi connectivity index (χ0n) is 10.6. The number of hydrogen-bond acceptors (Lipinski definition) is 4. The second kappa shape index (κ2) is 10.7. The highest BCUT2D eigenvalue weighted by molar-refractivity contribution is 5.59. The van der Waals surface area contributed by atoms with E-state index in [0.717, 1.165) is 0 Å². The average molecular weight is 244 g/mol. The van der Waals surface area contributed by atoms with Crippen LogP contribution >= 0.6 is 0 Å². The Kier molecular flexibility index (Phi) is 9.01. The highest BCUT2D eigenvalue weighted by atomic mass is 16.5. The van der Waals surface area contributed by atoms with Crippen molar-refractivity contribution in [2.75, 3.05) is 28.4 Å². The molecule has 0 heterocycles. The first kappa shape index (κ1) is 15.2. The smallest absolute Gasteiger partial charge is 0.116 e. The van der Waals surface area contributed by atoms with Crippen molar-refractivity contribution in [2.45, 2.75) is 0 Å². The van der Waals surface area contributed by atoms with Crippen LogP contribution in [0, 0.1) is 48.1 Å². The average Bonchev–Trinajstić information content (AvgIpc) is 2.40. The maximum Gasteiger partial charge on any atom is 0.116 e. The van der Waals surface area contributed by atoms with Gasteiger partial charge in [-0.05, 0) is 23.7 Å². The fourth-order valence-electron chi connectivity index (χ4n) is 0.721. The molecule has 0 unspecified atom stereocenters. The first-order valence-electron chi connectivity index (χ1n) is 4.70. The second-order valence-corrected chi connectivity index (χ2v) is 2.47. The SMILES string of the molecule is COC#CC(C#COC)=C(C#COC)C#COC. The van der Waals surface area contributed by atoms with Crippen molar-refractivity contribution in [2.24, 2.45) is 0 Å². The molecule has 0 N–H and O–H groups in total. The monoisotopic (exact) mass is 244 g/mol. The van der Waals surface area contributed by atoms with Gasteiger partial charge in [0.1, 0.15) is 35.6 Å². The van der Waals surface area contributed by atoms with Gasteiger partial charge in [0.2, 0.25) is 0 Å². The predicted octanol–water partition coefficient (Wildman–Crippen LogP) is 0.712. The van der Waals surface area contributed by atoms with Gasteiger partial charge in [0.25, 0.3) is 0 Å². The molecule has 0 aromatic rings. The molecule has 4 nitrogen and oxygen atoms in total. The van der Waals surface area contributed by atoms with Crippen molar-refractivity contribution in [1.29, 1.82) is 0 Å². The van der Waals surface area contributed by atoms with Gasteiger partial charge in [-0.2, -0.15) is 0 Å². The van der Waals surface area contributed by atoms with Crippen LogP contribution in [-0.4, -0.2) is 28.4 Å². The topological polar surface area (TPSA) is 36.9 Å². The van der Waals surface area contributed by atoms with E-state index in [9.17, 15) is 0 Å². The van der Waals surface area contributed by atoms with Crippen LogP contribution in [0.25, 0.3) is 0 Å². The molecule has 0 fully saturated rings. The molecule has 0 amide bonds. The molecule has 0 rings (SSSR count). The Morgan fingerprint density at radius 3 is 0.889 bits per heavy atom.